The molecular weight excluding hydrogens is 362 g/mol. The summed E-state index contributed by atoms with van der Waals surface area (Å²) in [6.07, 6.45) is 3.60. The number of pyridine rings is 2. The minimum atomic E-state index is 0.818. The van der Waals surface area contributed by atoms with Gasteiger partial charge >= 0.3 is 0 Å². The van der Waals surface area contributed by atoms with Gasteiger partial charge in [-0.2, -0.15) is 0 Å². The normalized spacial score (nSPS) is 11.8. The summed E-state index contributed by atoms with van der Waals surface area (Å²) >= 11 is 0. The second-order valence-electron chi connectivity index (χ2n) is 7.14. The van der Waals surface area contributed by atoms with E-state index in [1.54, 1.807) is 19.5 Å². The number of nitrogens with zero attached hydrogens (tertiary/aromatic N) is 3. The summed E-state index contributed by atoms with van der Waals surface area (Å²) in [5.41, 5.74) is 6.77. The fraction of sp³-hybridized carbons (Fsp3) is 0.0870. The average Bonchev–Trinajstić information content (AvgIpc) is 3.34. The Morgan fingerprint density at radius 1 is 0.828 bits per heavy atom. The summed E-state index contributed by atoms with van der Waals surface area (Å²) in [7, 11) is 1.68. The van der Waals surface area contributed by atoms with E-state index in [2.05, 4.69) is 39.0 Å². The number of hydrogen-bond donors (Lipinski definition) is 2. The number of H-pyrrole nitrogens is 2. The lowest BCUT2D eigenvalue weighted by Gasteiger charge is -2.03. The second kappa shape index (κ2) is 5.78. The van der Waals surface area contributed by atoms with Crippen LogP contribution in [-0.4, -0.2) is 32.0 Å². The predicted molar refractivity (Wildman–Crippen MR) is 115 cm³/mol. The van der Waals surface area contributed by atoms with Crippen molar-refractivity contribution in [2.75, 3.05) is 7.11 Å². The quantitative estimate of drug-likeness (QED) is 0.409. The fourth-order valence-electron chi connectivity index (χ4n) is 4.20. The molecule has 0 saturated carbocycles. The van der Waals surface area contributed by atoms with Crippen LogP contribution in [0.4, 0.5) is 0 Å². The zero-order chi connectivity index (χ0) is 19.5. The van der Waals surface area contributed by atoms with Crippen molar-refractivity contribution in [2.24, 2.45) is 0 Å². The van der Waals surface area contributed by atoms with Gasteiger partial charge in [0.25, 0.3) is 0 Å². The van der Waals surface area contributed by atoms with Crippen molar-refractivity contribution in [3.05, 3.63) is 60.6 Å². The van der Waals surface area contributed by atoms with E-state index in [1.165, 1.54) is 0 Å². The molecule has 0 aliphatic rings. The molecule has 2 aromatic carbocycles. The summed E-state index contributed by atoms with van der Waals surface area (Å²) in [4.78, 5) is 21.2. The maximum Gasteiger partial charge on any atom is 0.140 e. The van der Waals surface area contributed by atoms with Crippen LogP contribution < -0.4 is 4.74 Å². The van der Waals surface area contributed by atoms with Crippen LogP contribution in [0.1, 0.15) is 5.69 Å². The van der Waals surface area contributed by atoms with Gasteiger partial charge in [-0.05, 0) is 49.4 Å². The van der Waals surface area contributed by atoms with Crippen molar-refractivity contribution in [1.82, 2.24) is 24.9 Å². The molecule has 0 unspecified atom stereocenters. The number of rotatable bonds is 2. The second-order valence-corrected chi connectivity index (χ2v) is 7.14. The Morgan fingerprint density at radius 2 is 1.59 bits per heavy atom. The number of hydrogen-bond acceptors (Lipinski definition) is 4. The predicted octanol–water partition coefficient (Wildman–Crippen LogP) is 5.12. The minimum Gasteiger partial charge on any atom is -0.497 e. The molecule has 0 bridgehead atoms. The monoisotopic (exact) mass is 379 g/mol. The van der Waals surface area contributed by atoms with Crippen LogP contribution in [0.25, 0.3) is 55.1 Å². The molecule has 6 heteroatoms. The Balaban J connectivity index is 1.75. The summed E-state index contributed by atoms with van der Waals surface area (Å²) in [5, 5.41) is 3.08. The van der Waals surface area contributed by atoms with E-state index in [4.69, 9.17) is 9.72 Å². The number of aryl methyl sites for hydroxylation is 1. The van der Waals surface area contributed by atoms with Crippen molar-refractivity contribution >= 4 is 43.7 Å². The molecule has 0 saturated heterocycles. The van der Waals surface area contributed by atoms with Crippen LogP contribution >= 0.6 is 0 Å². The minimum absolute atomic E-state index is 0.818. The van der Waals surface area contributed by atoms with E-state index in [1.807, 2.05) is 30.3 Å². The highest BCUT2D eigenvalue weighted by molar-refractivity contribution is 6.21. The van der Waals surface area contributed by atoms with Gasteiger partial charge < -0.3 is 14.7 Å². The summed E-state index contributed by atoms with van der Waals surface area (Å²) in [5.74, 6) is 1.64. The smallest absolute Gasteiger partial charge is 0.140 e. The third-order valence-corrected chi connectivity index (χ3v) is 5.50. The first-order chi connectivity index (χ1) is 14.2. The fourth-order valence-corrected chi connectivity index (χ4v) is 4.20. The van der Waals surface area contributed by atoms with Crippen molar-refractivity contribution in [3.63, 3.8) is 0 Å². The molecule has 0 atom stereocenters. The SMILES string of the molecule is COc1ccc2[nH]c(C)c(-c3nc4c5cccnc5c5ncccc5c4[nH]3)c2c1. The topological polar surface area (TPSA) is 79.5 Å². The number of ether oxygens (including phenoxy) is 1. The van der Waals surface area contributed by atoms with E-state index in [-0.39, 0.29) is 0 Å². The lowest BCUT2D eigenvalue weighted by molar-refractivity contribution is 0.415. The number of nitrogens with one attached hydrogen (secondary N) is 2. The molecule has 0 aliphatic carbocycles. The molecule has 6 aromatic rings. The highest BCUT2D eigenvalue weighted by atomic mass is 16.5. The van der Waals surface area contributed by atoms with Crippen LogP contribution in [0, 0.1) is 6.92 Å². The molecule has 0 amide bonds. The van der Waals surface area contributed by atoms with E-state index in [9.17, 15) is 0 Å². The largest absolute Gasteiger partial charge is 0.497 e. The molecule has 140 valence electrons. The van der Waals surface area contributed by atoms with E-state index >= 15 is 0 Å². The summed E-state index contributed by atoms with van der Waals surface area (Å²) in [6.45, 7) is 2.06. The average molecular weight is 379 g/mol. The highest BCUT2D eigenvalue weighted by Crippen LogP contribution is 2.37. The number of fused-ring (bicyclic) bond motifs is 7. The molecule has 0 aliphatic heterocycles. The molecule has 29 heavy (non-hydrogen) atoms. The van der Waals surface area contributed by atoms with E-state index in [0.29, 0.717) is 0 Å². The first-order valence-corrected chi connectivity index (χ1v) is 9.42. The molecule has 2 N–H and O–H groups in total. The van der Waals surface area contributed by atoms with Crippen molar-refractivity contribution < 1.29 is 4.74 Å². The van der Waals surface area contributed by atoms with Gasteiger partial charge in [-0.25, -0.2) is 4.98 Å². The lowest BCUT2D eigenvalue weighted by atomic mass is 10.1. The molecule has 0 fully saturated rings. The molecule has 4 heterocycles. The van der Waals surface area contributed by atoms with Crippen LogP contribution in [0.3, 0.4) is 0 Å². The van der Waals surface area contributed by atoms with Crippen LogP contribution in [0.5, 0.6) is 5.75 Å². The first kappa shape index (κ1) is 16.1. The number of aromatic nitrogens is 5. The molecule has 6 nitrogen and oxygen atoms in total. The van der Waals surface area contributed by atoms with Crippen LogP contribution in [0.15, 0.2) is 54.9 Å². The molecule has 4 aromatic heterocycles. The third-order valence-electron chi connectivity index (χ3n) is 5.50. The highest BCUT2D eigenvalue weighted by Gasteiger charge is 2.18. The lowest BCUT2D eigenvalue weighted by Crippen LogP contribution is -1.86. The summed E-state index contributed by atoms with van der Waals surface area (Å²) < 4.78 is 5.44. The zero-order valence-electron chi connectivity index (χ0n) is 15.9. The van der Waals surface area contributed by atoms with Crippen molar-refractivity contribution in [3.8, 4) is 17.1 Å². The third kappa shape index (κ3) is 2.20. The van der Waals surface area contributed by atoms with Gasteiger partial charge in [-0.15, -0.1) is 0 Å². The molecular formula is C23H17N5O. The number of aromatic amines is 2. The van der Waals surface area contributed by atoms with Gasteiger partial charge in [-0.1, -0.05) is 0 Å². The Kier molecular flexibility index (Phi) is 3.20. The number of imidazole rings is 1. The van der Waals surface area contributed by atoms with Gasteiger partial charge in [0.1, 0.15) is 11.6 Å². The van der Waals surface area contributed by atoms with Gasteiger partial charge in [-0.3, -0.25) is 9.97 Å². The van der Waals surface area contributed by atoms with Gasteiger partial charge in [0.2, 0.25) is 0 Å². The van der Waals surface area contributed by atoms with E-state index < -0.39 is 0 Å². The standard InChI is InChI=1S/C23H17N5O/c1-12-18(16-11-13(29-2)7-8-17(16)26-12)23-27-21-14-5-3-9-24-19(14)20-15(22(21)28-23)6-4-10-25-20/h3-11,26H,1-2H3,(H,27,28). The molecule has 6 rings (SSSR count). The Hall–Kier alpha value is -3.93. The van der Waals surface area contributed by atoms with Crippen LogP contribution in [-0.2, 0) is 0 Å². The number of methoxy groups -OCH3 is 1. The first-order valence-electron chi connectivity index (χ1n) is 9.42. The Labute approximate surface area is 165 Å². The van der Waals surface area contributed by atoms with Crippen molar-refractivity contribution in [1.29, 1.82) is 0 Å². The Morgan fingerprint density at radius 3 is 2.38 bits per heavy atom. The number of benzene rings is 2. The molecule has 0 spiro atoms. The van der Waals surface area contributed by atoms with Gasteiger partial charge in [0.05, 0.1) is 29.2 Å². The van der Waals surface area contributed by atoms with Crippen molar-refractivity contribution in [2.45, 2.75) is 6.92 Å². The maximum atomic E-state index is 5.44. The van der Waals surface area contributed by atoms with E-state index in [0.717, 1.165) is 66.6 Å². The Bertz CT molecular complexity index is 1490. The molecule has 0 radical (unpaired) electrons. The maximum absolute atomic E-state index is 5.44. The van der Waals surface area contributed by atoms with Gasteiger partial charge in [0.15, 0.2) is 0 Å². The van der Waals surface area contributed by atoms with Gasteiger partial charge in [0, 0.05) is 45.3 Å². The summed E-state index contributed by atoms with van der Waals surface area (Å²) in [6, 6.07) is 14.0. The van der Waals surface area contributed by atoms with Crippen LogP contribution in [0.2, 0.25) is 0 Å². The zero-order valence-corrected chi connectivity index (χ0v) is 15.9.